The van der Waals surface area contributed by atoms with Crippen LogP contribution in [0.2, 0.25) is 5.02 Å². The van der Waals surface area contributed by atoms with E-state index < -0.39 is 15.9 Å². The van der Waals surface area contributed by atoms with Gasteiger partial charge in [-0.2, -0.15) is 0 Å². The zero-order chi connectivity index (χ0) is 23.3. The fourth-order valence-corrected chi connectivity index (χ4v) is 4.10. The van der Waals surface area contributed by atoms with Gasteiger partial charge in [0.25, 0.3) is 15.9 Å². The Kier molecular flexibility index (Phi) is 7.12. The molecule has 32 heavy (non-hydrogen) atoms. The van der Waals surface area contributed by atoms with Crippen LogP contribution in [0.3, 0.4) is 0 Å². The molecule has 0 aliphatic rings. The molecule has 0 saturated carbocycles. The van der Waals surface area contributed by atoms with Crippen LogP contribution in [0.25, 0.3) is 0 Å². The molecule has 0 aromatic heterocycles. The van der Waals surface area contributed by atoms with Gasteiger partial charge in [-0.1, -0.05) is 11.6 Å². The van der Waals surface area contributed by atoms with Gasteiger partial charge in [0.2, 0.25) is 0 Å². The monoisotopic (exact) mass is 476 g/mol. The Morgan fingerprint density at radius 2 is 1.53 bits per heavy atom. The van der Waals surface area contributed by atoms with Crippen molar-refractivity contribution in [1.29, 1.82) is 0 Å². The Bertz CT molecular complexity index is 1230. The third kappa shape index (κ3) is 5.24. The highest BCUT2D eigenvalue weighted by atomic mass is 35.5. The van der Waals surface area contributed by atoms with Crippen molar-refractivity contribution in [3.63, 3.8) is 0 Å². The third-order valence-corrected chi connectivity index (χ3v) is 6.10. The second-order valence-corrected chi connectivity index (χ2v) is 8.61. The topological polar surface area (TPSA) is 103 Å². The molecule has 0 aliphatic heterocycles. The van der Waals surface area contributed by atoms with Crippen LogP contribution in [0.15, 0.2) is 65.6 Å². The molecule has 0 atom stereocenters. The van der Waals surface area contributed by atoms with Crippen molar-refractivity contribution in [2.75, 3.05) is 31.4 Å². The molecule has 2 N–H and O–H groups in total. The Morgan fingerprint density at radius 3 is 2.16 bits per heavy atom. The van der Waals surface area contributed by atoms with E-state index in [1.54, 1.807) is 30.3 Å². The number of hydrogen-bond donors (Lipinski definition) is 2. The number of rotatable bonds is 8. The van der Waals surface area contributed by atoms with E-state index in [1.165, 1.54) is 51.7 Å². The second-order valence-electron chi connectivity index (χ2n) is 6.49. The first-order valence-electron chi connectivity index (χ1n) is 9.27. The van der Waals surface area contributed by atoms with Gasteiger partial charge in [0.15, 0.2) is 0 Å². The maximum absolute atomic E-state index is 12.8. The molecule has 3 aromatic carbocycles. The van der Waals surface area contributed by atoms with E-state index in [-0.39, 0.29) is 16.1 Å². The molecular weight excluding hydrogens is 456 g/mol. The minimum Gasteiger partial charge on any atom is -0.497 e. The Labute approximate surface area is 191 Å². The van der Waals surface area contributed by atoms with Gasteiger partial charge < -0.3 is 19.5 Å². The van der Waals surface area contributed by atoms with E-state index in [9.17, 15) is 13.2 Å². The summed E-state index contributed by atoms with van der Waals surface area (Å²) in [6.07, 6.45) is 0. The number of amides is 1. The number of carbonyl (C=O) groups excluding carboxylic acids is 1. The summed E-state index contributed by atoms with van der Waals surface area (Å²) in [6.45, 7) is 0. The standard InChI is InChI=1S/C22H21ClN2O6S/c1-29-16-7-10-19(21(13-16)31-3)25-32(27,28)17-8-5-15(6-9-17)24-22(26)18-12-14(23)4-11-20(18)30-2/h4-13,25H,1-3H3,(H,24,26). The molecule has 3 aromatic rings. The Hall–Kier alpha value is -3.43. The molecule has 0 radical (unpaired) electrons. The zero-order valence-electron chi connectivity index (χ0n) is 17.5. The summed E-state index contributed by atoms with van der Waals surface area (Å²) in [7, 11) is 0.480. The van der Waals surface area contributed by atoms with Crippen molar-refractivity contribution in [2.24, 2.45) is 0 Å². The van der Waals surface area contributed by atoms with E-state index >= 15 is 0 Å². The molecule has 0 bridgehead atoms. The van der Waals surface area contributed by atoms with E-state index in [2.05, 4.69) is 10.0 Å². The van der Waals surface area contributed by atoms with E-state index in [0.717, 1.165) is 0 Å². The summed E-state index contributed by atoms with van der Waals surface area (Å²) in [5.74, 6) is 0.762. The highest BCUT2D eigenvalue weighted by molar-refractivity contribution is 7.92. The predicted molar refractivity (Wildman–Crippen MR) is 123 cm³/mol. The summed E-state index contributed by atoms with van der Waals surface area (Å²) in [5.41, 5.74) is 0.918. The largest absolute Gasteiger partial charge is 0.497 e. The van der Waals surface area contributed by atoms with Gasteiger partial charge in [0.05, 0.1) is 37.5 Å². The Morgan fingerprint density at radius 1 is 0.844 bits per heavy atom. The van der Waals surface area contributed by atoms with Crippen molar-refractivity contribution >= 4 is 38.9 Å². The van der Waals surface area contributed by atoms with Crippen molar-refractivity contribution in [2.45, 2.75) is 4.90 Å². The number of sulfonamides is 1. The average Bonchev–Trinajstić information content (AvgIpc) is 2.79. The maximum Gasteiger partial charge on any atom is 0.262 e. The zero-order valence-corrected chi connectivity index (χ0v) is 19.1. The summed E-state index contributed by atoms with van der Waals surface area (Å²) in [6, 6.07) is 15.1. The number of anilines is 2. The van der Waals surface area contributed by atoms with E-state index in [1.807, 2.05) is 0 Å². The molecule has 0 aliphatic carbocycles. The molecule has 0 unspecified atom stereocenters. The summed E-state index contributed by atoms with van der Waals surface area (Å²) < 4.78 is 43.6. The fourth-order valence-electron chi connectivity index (χ4n) is 2.86. The van der Waals surface area contributed by atoms with Crippen molar-refractivity contribution < 1.29 is 27.4 Å². The number of nitrogens with one attached hydrogen (secondary N) is 2. The van der Waals surface area contributed by atoms with Gasteiger partial charge in [-0.3, -0.25) is 9.52 Å². The third-order valence-electron chi connectivity index (χ3n) is 4.48. The number of halogens is 1. The smallest absolute Gasteiger partial charge is 0.262 e. The lowest BCUT2D eigenvalue weighted by Gasteiger charge is -2.13. The minimum atomic E-state index is -3.90. The number of hydrogen-bond acceptors (Lipinski definition) is 6. The van der Waals surface area contributed by atoms with Crippen LogP contribution in [-0.2, 0) is 10.0 Å². The lowest BCUT2D eigenvalue weighted by atomic mass is 10.2. The normalized spacial score (nSPS) is 10.9. The van der Waals surface area contributed by atoms with E-state index in [0.29, 0.717) is 28.0 Å². The minimum absolute atomic E-state index is 0.00806. The van der Waals surface area contributed by atoms with Crippen LogP contribution in [0.5, 0.6) is 17.2 Å². The van der Waals surface area contributed by atoms with Crippen LogP contribution in [0.1, 0.15) is 10.4 Å². The van der Waals surface area contributed by atoms with Crippen LogP contribution >= 0.6 is 11.6 Å². The molecule has 10 heteroatoms. The molecule has 8 nitrogen and oxygen atoms in total. The molecule has 3 rings (SSSR count). The van der Waals surface area contributed by atoms with Gasteiger partial charge in [-0.25, -0.2) is 8.42 Å². The second kappa shape index (κ2) is 9.80. The van der Waals surface area contributed by atoms with Crippen molar-refractivity contribution in [3.05, 3.63) is 71.2 Å². The van der Waals surface area contributed by atoms with Crippen molar-refractivity contribution in [1.82, 2.24) is 0 Å². The lowest BCUT2D eigenvalue weighted by molar-refractivity contribution is 0.102. The van der Waals surface area contributed by atoms with Crippen LogP contribution in [-0.4, -0.2) is 35.7 Å². The fraction of sp³-hybridized carbons (Fsp3) is 0.136. The molecular formula is C22H21ClN2O6S. The molecule has 0 heterocycles. The lowest BCUT2D eigenvalue weighted by Crippen LogP contribution is -2.15. The predicted octanol–water partition coefficient (Wildman–Crippen LogP) is 4.42. The van der Waals surface area contributed by atoms with Gasteiger partial charge >= 0.3 is 0 Å². The molecule has 0 fully saturated rings. The first kappa shape index (κ1) is 23.2. The number of benzene rings is 3. The summed E-state index contributed by atoms with van der Waals surface area (Å²) in [4.78, 5) is 12.6. The highest BCUT2D eigenvalue weighted by Crippen LogP contribution is 2.31. The van der Waals surface area contributed by atoms with Gasteiger partial charge in [0.1, 0.15) is 17.2 Å². The SMILES string of the molecule is COc1ccc(NS(=O)(=O)c2ccc(NC(=O)c3cc(Cl)ccc3OC)cc2)c(OC)c1. The van der Waals surface area contributed by atoms with Crippen LogP contribution < -0.4 is 24.2 Å². The number of methoxy groups -OCH3 is 3. The Balaban J connectivity index is 1.78. The van der Waals surface area contributed by atoms with Crippen molar-refractivity contribution in [3.8, 4) is 17.2 Å². The van der Waals surface area contributed by atoms with Crippen LogP contribution in [0, 0.1) is 0 Å². The quantitative estimate of drug-likeness (QED) is 0.499. The summed E-state index contributed by atoms with van der Waals surface area (Å²) >= 11 is 5.97. The maximum atomic E-state index is 12.8. The van der Waals surface area contributed by atoms with Gasteiger partial charge in [-0.05, 0) is 54.6 Å². The first-order chi connectivity index (χ1) is 15.3. The van der Waals surface area contributed by atoms with E-state index in [4.69, 9.17) is 25.8 Å². The number of carbonyl (C=O) groups is 1. The average molecular weight is 477 g/mol. The highest BCUT2D eigenvalue weighted by Gasteiger charge is 2.18. The molecule has 1 amide bonds. The summed E-state index contributed by atoms with van der Waals surface area (Å²) in [5, 5.41) is 3.08. The first-order valence-corrected chi connectivity index (χ1v) is 11.1. The number of ether oxygens (including phenoxy) is 3. The molecule has 0 spiro atoms. The van der Waals surface area contributed by atoms with Gasteiger partial charge in [0, 0.05) is 16.8 Å². The van der Waals surface area contributed by atoms with Crippen LogP contribution in [0.4, 0.5) is 11.4 Å². The van der Waals surface area contributed by atoms with Gasteiger partial charge in [-0.15, -0.1) is 0 Å². The molecule has 0 saturated heterocycles. The molecule has 168 valence electrons.